The van der Waals surface area contributed by atoms with Gasteiger partial charge in [0.25, 0.3) is 5.56 Å². The summed E-state index contributed by atoms with van der Waals surface area (Å²) < 4.78 is 2.77. The normalized spacial score (nSPS) is 10.7. The minimum absolute atomic E-state index is 0.0301. The van der Waals surface area contributed by atoms with Crippen LogP contribution in [-0.4, -0.2) is 22.0 Å². The van der Waals surface area contributed by atoms with Crippen molar-refractivity contribution < 1.29 is 4.79 Å². The van der Waals surface area contributed by atoms with Gasteiger partial charge in [-0.05, 0) is 36.5 Å². The van der Waals surface area contributed by atoms with Crippen molar-refractivity contribution in [3.8, 4) is 0 Å². The van der Waals surface area contributed by atoms with Crippen molar-refractivity contribution in [2.24, 2.45) is 0 Å². The number of carbonyl (C=O) groups is 1. The third kappa shape index (κ3) is 4.14. The van der Waals surface area contributed by atoms with Crippen LogP contribution in [0.5, 0.6) is 0 Å². The lowest BCUT2D eigenvalue weighted by molar-refractivity contribution is -0.121. The fourth-order valence-electron chi connectivity index (χ4n) is 2.18. The van der Waals surface area contributed by atoms with Gasteiger partial charge >= 0.3 is 0 Å². The second kappa shape index (κ2) is 8.05. The second-order valence-electron chi connectivity index (χ2n) is 4.95. The summed E-state index contributed by atoms with van der Waals surface area (Å²) in [7, 11) is 0. The number of carbonyl (C=O) groups excluding carboxylic acids is 1. The third-order valence-electron chi connectivity index (χ3n) is 3.32. The Labute approximate surface area is 137 Å². The summed E-state index contributed by atoms with van der Waals surface area (Å²) in [5.41, 5.74) is 0.771. The van der Waals surface area contributed by atoms with Gasteiger partial charge in [0.15, 0.2) is 4.77 Å². The number of rotatable bonds is 8. The molecule has 0 aliphatic rings. The van der Waals surface area contributed by atoms with E-state index in [0.717, 1.165) is 24.8 Å². The molecule has 1 amide bonds. The summed E-state index contributed by atoms with van der Waals surface area (Å²) in [5.74, 6) is 0.0364. The van der Waals surface area contributed by atoms with Crippen molar-refractivity contribution >= 4 is 39.7 Å². The molecule has 0 saturated heterocycles. The maximum atomic E-state index is 12.3. The topological polar surface area (TPSA) is 66.9 Å². The van der Waals surface area contributed by atoms with E-state index in [1.54, 1.807) is 10.6 Å². The molecule has 2 aromatic heterocycles. The Morgan fingerprint density at radius 2 is 2.27 bits per heavy atom. The Balaban J connectivity index is 1.85. The van der Waals surface area contributed by atoms with Gasteiger partial charge in [-0.15, -0.1) is 17.9 Å². The van der Waals surface area contributed by atoms with Gasteiger partial charge in [0.2, 0.25) is 5.91 Å². The predicted molar refractivity (Wildman–Crippen MR) is 92.9 cm³/mol. The number of H-pyrrole nitrogens is 1. The molecule has 22 heavy (non-hydrogen) atoms. The first-order valence-electron chi connectivity index (χ1n) is 7.21. The van der Waals surface area contributed by atoms with Gasteiger partial charge in [0.1, 0.15) is 4.70 Å². The van der Waals surface area contributed by atoms with E-state index in [9.17, 15) is 9.59 Å². The van der Waals surface area contributed by atoms with Gasteiger partial charge in [-0.3, -0.25) is 14.2 Å². The van der Waals surface area contributed by atoms with E-state index in [2.05, 4.69) is 16.9 Å². The zero-order chi connectivity index (χ0) is 15.9. The van der Waals surface area contributed by atoms with Crippen LogP contribution in [0.15, 0.2) is 28.9 Å². The van der Waals surface area contributed by atoms with Crippen molar-refractivity contribution in [3.05, 3.63) is 39.2 Å². The standard InChI is InChI=1S/C15H19N3O2S2/c1-2-8-16-12(19)6-4-3-5-9-18-14(20)13-11(7-10-22-13)17-15(18)21/h2,7,10H,1,3-6,8-9H2,(H,16,19)(H,17,21). The molecular weight excluding hydrogens is 318 g/mol. The van der Waals surface area contributed by atoms with Crippen molar-refractivity contribution in [2.45, 2.75) is 32.2 Å². The molecule has 2 heterocycles. The quantitative estimate of drug-likeness (QED) is 0.442. The lowest BCUT2D eigenvalue weighted by Gasteiger charge is -2.06. The minimum atomic E-state index is -0.0301. The highest BCUT2D eigenvalue weighted by Crippen LogP contribution is 2.14. The number of hydrogen-bond acceptors (Lipinski definition) is 4. The zero-order valence-electron chi connectivity index (χ0n) is 12.3. The van der Waals surface area contributed by atoms with Gasteiger partial charge < -0.3 is 10.3 Å². The SMILES string of the molecule is C=CCNC(=O)CCCCCn1c(=S)[nH]c2ccsc2c1=O. The fourth-order valence-corrected chi connectivity index (χ4v) is 3.26. The molecule has 2 rings (SSSR count). The third-order valence-corrected chi connectivity index (χ3v) is 4.55. The number of thiophene rings is 1. The van der Waals surface area contributed by atoms with Gasteiger partial charge in [-0.2, -0.15) is 0 Å². The lowest BCUT2D eigenvalue weighted by Crippen LogP contribution is -2.23. The molecule has 0 fully saturated rings. The number of fused-ring (bicyclic) bond motifs is 1. The maximum Gasteiger partial charge on any atom is 0.272 e. The number of unbranched alkanes of at least 4 members (excludes halogenated alkanes) is 2. The first kappa shape index (κ1) is 16.6. The first-order valence-corrected chi connectivity index (χ1v) is 8.50. The molecule has 0 spiro atoms. The van der Waals surface area contributed by atoms with E-state index in [-0.39, 0.29) is 11.5 Å². The van der Waals surface area contributed by atoms with Crippen LogP contribution in [-0.2, 0) is 11.3 Å². The molecule has 118 valence electrons. The van der Waals surface area contributed by atoms with E-state index >= 15 is 0 Å². The highest BCUT2D eigenvalue weighted by molar-refractivity contribution is 7.71. The Bertz CT molecular complexity index is 773. The molecule has 0 saturated carbocycles. The van der Waals surface area contributed by atoms with E-state index in [0.29, 0.717) is 29.0 Å². The highest BCUT2D eigenvalue weighted by Gasteiger charge is 2.06. The molecule has 0 unspecified atom stereocenters. The minimum Gasteiger partial charge on any atom is -0.353 e. The molecule has 0 aliphatic carbocycles. The first-order chi connectivity index (χ1) is 10.6. The van der Waals surface area contributed by atoms with E-state index in [4.69, 9.17) is 12.2 Å². The molecule has 0 bridgehead atoms. The van der Waals surface area contributed by atoms with Gasteiger partial charge in [-0.25, -0.2) is 0 Å². The Morgan fingerprint density at radius 1 is 1.45 bits per heavy atom. The summed E-state index contributed by atoms with van der Waals surface area (Å²) in [6, 6.07) is 1.86. The summed E-state index contributed by atoms with van der Waals surface area (Å²) in [6.07, 6.45) is 4.66. The maximum absolute atomic E-state index is 12.3. The average Bonchev–Trinajstić information content (AvgIpc) is 2.96. The van der Waals surface area contributed by atoms with Crippen LogP contribution >= 0.6 is 23.6 Å². The van der Waals surface area contributed by atoms with E-state index < -0.39 is 0 Å². The summed E-state index contributed by atoms with van der Waals surface area (Å²) in [6.45, 7) is 4.63. The van der Waals surface area contributed by atoms with E-state index in [1.165, 1.54) is 11.3 Å². The number of hydrogen-bond donors (Lipinski definition) is 2. The van der Waals surface area contributed by atoms with Crippen LogP contribution in [0.3, 0.4) is 0 Å². The Hall–Kier alpha value is -1.73. The largest absolute Gasteiger partial charge is 0.353 e. The molecule has 0 aromatic carbocycles. The van der Waals surface area contributed by atoms with Crippen molar-refractivity contribution in [1.82, 2.24) is 14.9 Å². The fraction of sp³-hybridized carbons (Fsp3) is 0.400. The molecule has 0 aliphatic heterocycles. The Kier molecular flexibility index (Phi) is 6.09. The number of amides is 1. The number of aromatic amines is 1. The number of nitrogens with zero attached hydrogens (tertiary/aromatic N) is 1. The molecule has 2 N–H and O–H groups in total. The Morgan fingerprint density at radius 3 is 3.05 bits per heavy atom. The summed E-state index contributed by atoms with van der Waals surface area (Å²) in [5, 5.41) is 4.62. The molecule has 0 atom stereocenters. The molecule has 0 radical (unpaired) electrons. The van der Waals surface area contributed by atoms with Crippen molar-refractivity contribution in [2.75, 3.05) is 6.54 Å². The molecular formula is C15H19N3O2S2. The van der Waals surface area contributed by atoms with E-state index in [1.807, 2.05) is 11.4 Å². The van der Waals surface area contributed by atoms with Crippen LogP contribution in [0.25, 0.3) is 10.2 Å². The highest BCUT2D eigenvalue weighted by atomic mass is 32.1. The van der Waals surface area contributed by atoms with Crippen molar-refractivity contribution in [1.29, 1.82) is 0 Å². The number of aromatic nitrogens is 2. The van der Waals surface area contributed by atoms with Gasteiger partial charge in [0, 0.05) is 19.5 Å². The summed E-state index contributed by atoms with van der Waals surface area (Å²) in [4.78, 5) is 26.8. The van der Waals surface area contributed by atoms with Gasteiger partial charge in [0.05, 0.1) is 5.52 Å². The van der Waals surface area contributed by atoms with Crippen LogP contribution in [0.4, 0.5) is 0 Å². The molecule has 2 aromatic rings. The predicted octanol–water partition coefficient (Wildman–Crippen LogP) is 2.98. The number of nitrogens with one attached hydrogen (secondary N) is 2. The molecule has 5 nitrogen and oxygen atoms in total. The monoisotopic (exact) mass is 337 g/mol. The smallest absolute Gasteiger partial charge is 0.272 e. The average molecular weight is 337 g/mol. The second-order valence-corrected chi connectivity index (χ2v) is 6.26. The van der Waals surface area contributed by atoms with Crippen LogP contribution in [0.2, 0.25) is 0 Å². The molecule has 7 heteroatoms. The van der Waals surface area contributed by atoms with Crippen LogP contribution in [0.1, 0.15) is 25.7 Å². The van der Waals surface area contributed by atoms with Crippen LogP contribution in [0, 0.1) is 4.77 Å². The van der Waals surface area contributed by atoms with Gasteiger partial charge in [-0.1, -0.05) is 12.5 Å². The lowest BCUT2D eigenvalue weighted by atomic mass is 10.2. The van der Waals surface area contributed by atoms with Crippen molar-refractivity contribution in [3.63, 3.8) is 0 Å². The summed E-state index contributed by atoms with van der Waals surface area (Å²) >= 11 is 6.66. The zero-order valence-corrected chi connectivity index (χ0v) is 13.9. The van der Waals surface area contributed by atoms with Crippen LogP contribution < -0.4 is 10.9 Å².